The molecule has 0 amide bonds. The maximum Gasteiger partial charge on any atom is 0.160 e. The monoisotopic (exact) mass is 706 g/mol. The minimum Gasteiger partial charge on any atom is -0.455 e. The number of hydrogen-bond donors (Lipinski definition) is 0. The number of nitrogens with zero attached hydrogens (tertiary/aromatic N) is 2. The number of benzene rings is 8. The zero-order valence-electron chi connectivity index (χ0n) is 29.0. The average molecular weight is 707 g/mol. The first-order valence-electron chi connectivity index (χ1n) is 18.1. The van der Waals surface area contributed by atoms with Gasteiger partial charge >= 0.3 is 0 Å². The van der Waals surface area contributed by atoms with Gasteiger partial charge in [-0.25, -0.2) is 9.97 Å². The molecule has 0 spiro atoms. The fraction of sp³-hybridized carbons (Fsp3) is 0. The second kappa shape index (κ2) is 12.4. The molecule has 11 aromatic rings. The third kappa shape index (κ3) is 5.11. The Balaban J connectivity index is 1.17. The van der Waals surface area contributed by atoms with Crippen LogP contribution < -0.4 is 0 Å². The Morgan fingerprint density at radius 3 is 1.96 bits per heavy atom. The molecule has 54 heavy (non-hydrogen) atoms. The summed E-state index contributed by atoms with van der Waals surface area (Å²) < 4.78 is 9.12. The summed E-state index contributed by atoms with van der Waals surface area (Å²) in [5.41, 5.74) is 10.9. The van der Waals surface area contributed by atoms with E-state index in [1.165, 1.54) is 42.1 Å². The van der Waals surface area contributed by atoms with Gasteiger partial charge in [-0.3, -0.25) is 0 Å². The lowest BCUT2D eigenvalue weighted by molar-refractivity contribution is 0.670. The highest BCUT2D eigenvalue weighted by Gasteiger charge is 2.18. The molecule has 0 radical (unpaired) electrons. The van der Waals surface area contributed by atoms with Gasteiger partial charge in [0, 0.05) is 47.6 Å². The first-order chi connectivity index (χ1) is 26.7. The Morgan fingerprint density at radius 2 is 1.04 bits per heavy atom. The number of para-hydroxylation sites is 2. The van der Waals surface area contributed by atoms with E-state index in [4.69, 9.17) is 14.4 Å². The number of rotatable bonds is 5. The van der Waals surface area contributed by atoms with Crippen LogP contribution in [0.3, 0.4) is 0 Å². The molecule has 0 atom stereocenters. The van der Waals surface area contributed by atoms with E-state index in [1.807, 2.05) is 41.7 Å². The molecule has 0 fully saturated rings. The van der Waals surface area contributed by atoms with Crippen molar-refractivity contribution in [2.45, 2.75) is 0 Å². The Labute approximate surface area is 315 Å². The molecule has 0 aliphatic rings. The van der Waals surface area contributed by atoms with Gasteiger partial charge in [-0.1, -0.05) is 127 Å². The van der Waals surface area contributed by atoms with Crippen LogP contribution in [-0.4, -0.2) is 9.97 Å². The minimum atomic E-state index is 0.666. The van der Waals surface area contributed by atoms with Crippen molar-refractivity contribution in [3.05, 3.63) is 182 Å². The van der Waals surface area contributed by atoms with Crippen LogP contribution in [0.15, 0.2) is 186 Å². The van der Waals surface area contributed by atoms with Gasteiger partial charge in [0.15, 0.2) is 5.82 Å². The van der Waals surface area contributed by atoms with Gasteiger partial charge in [0.25, 0.3) is 0 Å². The predicted molar refractivity (Wildman–Crippen MR) is 227 cm³/mol. The molecule has 3 nitrogen and oxygen atoms in total. The summed E-state index contributed by atoms with van der Waals surface area (Å²) in [4.78, 5) is 10.5. The third-order valence-electron chi connectivity index (χ3n) is 10.5. The lowest BCUT2D eigenvalue weighted by Gasteiger charge is -2.14. The van der Waals surface area contributed by atoms with Gasteiger partial charge in [-0.05, 0) is 87.6 Å². The molecule has 4 heteroatoms. The highest BCUT2D eigenvalue weighted by atomic mass is 32.1. The normalized spacial score (nSPS) is 11.7. The van der Waals surface area contributed by atoms with Crippen LogP contribution in [0.1, 0.15) is 0 Å². The van der Waals surface area contributed by atoms with E-state index in [-0.39, 0.29) is 0 Å². The third-order valence-corrected chi connectivity index (χ3v) is 11.6. The lowest BCUT2D eigenvalue weighted by atomic mass is 9.91. The van der Waals surface area contributed by atoms with E-state index >= 15 is 0 Å². The first kappa shape index (κ1) is 30.7. The molecule has 0 bridgehead atoms. The SMILES string of the molecule is c1ccc(-c2nc(-c3cc(-c4ccc5sc6ccccc6c5c4)cc(-c4cccc5ccccc45)c3)cc(-c3cccc4c3oc3ccccc34)n2)cc1. The van der Waals surface area contributed by atoms with Crippen molar-refractivity contribution in [3.8, 4) is 56.2 Å². The minimum absolute atomic E-state index is 0.666. The van der Waals surface area contributed by atoms with Crippen molar-refractivity contribution in [2.24, 2.45) is 0 Å². The Hall–Kier alpha value is -6.88. The quantitative estimate of drug-likeness (QED) is 0.179. The second-order valence-corrected chi connectivity index (χ2v) is 14.8. The second-order valence-electron chi connectivity index (χ2n) is 13.7. The number of fused-ring (bicyclic) bond motifs is 7. The summed E-state index contributed by atoms with van der Waals surface area (Å²) in [6.07, 6.45) is 0. The Bertz CT molecular complexity index is 3220. The molecule has 0 aliphatic heterocycles. The van der Waals surface area contributed by atoms with Crippen molar-refractivity contribution in [1.82, 2.24) is 9.97 Å². The van der Waals surface area contributed by atoms with E-state index in [9.17, 15) is 0 Å². The lowest BCUT2D eigenvalue weighted by Crippen LogP contribution is -1.97. The number of thiophene rings is 1. The zero-order valence-corrected chi connectivity index (χ0v) is 29.8. The molecule has 11 rings (SSSR count). The van der Waals surface area contributed by atoms with Crippen LogP contribution >= 0.6 is 11.3 Å². The summed E-state index contributed by atoms with van der Waals surface area (Å²) >= 11 is 1.84. The molecule has 0 saturated heterocycles. The smallest absolute Gasteiger partial charge is 0.160 e. The molecule has 0 unspecified atom stereocenters. The van der Waals surface area contributed by atoms with Crippen molar-refractivity contribution in [1.29, 1.82) is 0 Å². The topological polar surface area (TPSA) is 38.9 Å². The summed E-state index contributed by atoms with van der Waals surface area (Å²) in [6.45, 7) is 0. The van der Waals surface area contributed by atoms with Gasteiger partial charge in [0.1, 0.15) is 11.2 Å². The van der Waals surface area contributed by atoms with E-state index in [0.717, 1.165) is 61.1 Å². The van der Waals surface area contributed by atoms with E-state index < -0.39 is 0 Å². The molecule has 252 valence electrons. The molecule has 3 aromatic heterocycles. The summed E-state index contributed by atoms with van der Waals surface area (Å²) in [5, 5.41) is 7.16. The van der Waals surface area contributed by atoms with Gasteiger partial charge in [0.05, 0.1) is 11.4 Å². The molecule has 0 aliphatic carbocycles. The van der Waals surface area contributed by atoms with Crippen molar-refractivity contribution < 1.29 is 4.42 Å². The van der Waals surface area contributed by atoms with Crippen LogP contribution in [0.4, 0.5) is 0 Å². The van der Waals surface area contributed by atoms with E-state index in [1.54, 1.807) is 0 Å². The van der Waals surface area contributed by atoms with E-state index in [2.05, 4.69) is 152 Å². The van der Waals surface area contributed by atoms with Crippen LogP contribution in [-0.2, 0) is 0 Å². The number of aromatic nitrogens is 2. The maximum absolute atomic E-state index is 6.52. The van der Waals surface area contributed by atoms with Gasteiger partial charge in [0.2, 0.25) is 0 Å². The van der Waals surface area contributed by atoms with Crippen molar-refractivity contribution in [3.63, 3.8) is 0 Å². The molecule has 3 heterocycles. The largest absolute Gasteiger partial charge is 0.455 e. The first-order valence-corrected chi connectivity index (χ1v) is 19.0. The Kier molecular flexibility index (Phi) is 7.04. The summed E-state index contributed by atoms with van der Waals surface area (Å²) in [6, 6.07) is 64.5. The van der Waals surface area contributed by atoms with Crippen LogP contribution in [0.5, 0.6) is 0 Å². The maximum atomic E-state index is 6.52. The van der Waals surface area contributed by atoms with Crippen molar-refractivity contribution in [2.75, 3.05) is 0 Å². The zero-order chi connectivity index (χ0) is 35.6. The molecule has 0 saturated carbocycles. The average Bonchev–Trinajstić information content (AvgIpc) is 3.82. The van der Waals surface area contributed by atoms with Gasteiger partial charge in [-0.2, -0.15) is 0 Å². The molecule has 0 N–H and O–H groups in total. The van der Waals surface area contributed by atoms with Crippen LogP contribution in [0.25, 0.3) is 109 Å². The Morgan fingerprint density at radius 1 is 0.370 bits per heavy atom. The molecule has 8 aromatic carbocycles. The predicted octanol–water partition coefficient (Wildman–Crippen LogP) is 14.2. The highest BCUT2D eigenvalue weighted by molar-refractivity contribution is 7.25. The standard InChI is InChI=1S/C50H30N2OS/c1-2-13-32(14-3-1)50-51-44(30-45(52-50)42-21-11-20-41-39-17-6-8-22-46(39)53-49(41)42)36-27-34(26-35(28-36)38-19-10-15-31-12-4-5-16-37(31)38)33-24-25-48-43(29-33)40-18-7-9-23-47(40)54-48/h1-30H. The summed E-state index contributed by atoms with van der Waals surface area (Å²) in [5.74, 6) is 0.666. The summed E-state index contributed by atoms with van der Waals surface area (Å²) in [7, 11) is 0. The highest BCUT2D eigenvalue weighted by Crippen LogP contribution is 2.41. The molecular weight excluding hydrogens is 677 g/mol. The van der Waals surface area contributed by atoms with E-state index in [0.29, 0.717) is 5.82 Å². The van der Waals surface area contributed by atoms with Crippen LogP contribution in [0, 0.1) is 0 Å². The number of hydrogen-bond acceptors (Lipinski definition) is 4. The van der Waals surface area contributed by atoms with Gasteiger partial charge in [-0.15, -0.1) is 11.3 Å². The van der Waals surface area contributed by atoms with Crippen molar-refractivity contribution >= 4 is 64.2 Å². The fourth-order valence-electron chi connectivity index (χ4n) is 7.88. The fourth-order valence-corrected chi connectivity index (χ4v) is 8.97. The van der Waals surface area contributed by atoms with Gasteiger partial charge < -0.3 is 4.42 Å². The molecular formula is C50H30N2OS. The number of furan rings is 1. The van der Waals surface area contributed by atoms with Crippen LogP contribution in [0.2, 0.25) is 0 Å².